The van der Waals surface area contributed by atoms with E-state index in [1.165, 1.54) is 10.9 Å². The predicted molar refractivity (Wildman–Crippen MR) is 68.3 cm³/mol. The number of nitrogens with zero attached hydrogens (tertiary/aromatic N) is 1. The molecule has 0 saturated heterocycles. The fourth-order valence-corrected chi connectivity index (χ4v) is 1.66. The zero-order chi connectivity index (χ0) is 11.4. The Balaban J connectivity index is 2.10. The van der Waals surface area contributed by atoms with Crippen LogP contribution in [-0.4, -0.2) is 11.5 Å². The standard InChI is InChI=1S/C14H16N2/c1-11(2)9-15-10-12-5-6-14-13(8-12)4-3-7-16-14/h3-8,15H,1,9-10H2,2H3. The first-order valence-electron chi connectivity index (χ1n) is 5.44. The molecule has 16 heavy (non-hydrogen) atoms. The predicted octanol–water partition coefficient (Wildman–Crippen LogP) is 2.90. The molecule has 0 radical (unpaired) electrons. The first-order chi connectivity index (χ1) is 7.75. The van der Waals surface area contributed by atoms with Crippen LogP contribution in [0.4, 0.5) is 0 Å². The van der Waals surface area contributed by atoms with Gasteiger partial charge in [-0.2, -0.15) is 0 Å². The van der Waals surface area contributed by atoms with Gasteiger partial charge < -0.3 is 5.32 Å². The van der Waals surface area contributed by atoms with Crippen LogP contribution < -0.4 is 5.32 Å². The lowest BCUT2D eigenvalue weighted by atomic mass is 10.1. The molecule has 0 aliphatic heterocycles. The Morgan fingerprint density at radius 2 is 2.25 bits per heavy atom. The minimum absolute atomic E-state index is 0.866. The summed E-state index contributed by atoms with van der Waals surface area (Å²) in [4.78, 5) is 4.30. The summed E-state index contributed by atoms with van der Waals surface area (Å²) in [5.74, 6) is 0. The monoisotopic (exact) mass is 212 g/mol. The zero-order valence-electron chi connectivity index (χ0n) is 9.53. The molecule has 82 valence electrons. The maximum absolute atomic E-state index is 4.30. The van der Waals surface area contributed by atoms with Crippen LogP contribution >= 0.6 is 0 Å². The van der Waals surface area contributed by atoms with E-state index >= 15 is 0 Å². The lowest BCUT2D eigenvalue weighted by Crippen LogP contribution is -2.14. The lowest BCUT2D eigenvalue weighted by molar-refractivity contribution is 0.741. The van der Waals surface area contributed by atoms with E-state index in [1.807, 2.05) is 19.2 Å². The van der Waals surface area contributed by atoms with Crippen molar-refractivity contribution in [3.63, 3.8) is 0 Å². The zero-order valence-corrected chi connectivity index (χ0v) is 9.53. The maximum Gasteiger partial charge on any atom is 0.0702 e. The number of pyridine rings is 1. The minimum Gasteiger partial charge on any atom is -0.309 e. The highest BCUT2D eigenvalue weighted by molar-refractivity contribution is 5.78. The molecule has 0 aliphatic rings. The number of hydrogen-bond donors (Lipinski definition) is 1. The molecule has 0 spiro atoms. The quantitative estimate of drug-likeness (QED) is 0.788. The molecule has 1 heterocycles. The molecule has 2 nitrogen and oxygen atoms in total. The Kier molecular flexibility index (Phi) is 3.32. The van der Waals surface area contributed by atoms with E-state index < -0.39 is 0 Å². The highest BCUT2D eigenvalue weighted by atomic mass is 14.8. The average Bonchev–Trinajstić information content (AvgIpc) is 2.28. The van der Waals surface area contributed by atoms with Crippen LogP contribution in [0.2, 0.25) is 0 Å². The van der Waals surface area contributed by atoms with Gasteiger partial charge in [0.15, 0.2) is 0 Å². The average molecular weight is 212 g/mol. The van der Waals surface area contributed by atoms with Crippen molar-refractivity contribution in [3.05, 3.63) is 54.2 Å². The van der Waals surface area contributed by atoms with E-state index in [1.54, 1.807) is 0 Å². The lowest BCUT2D eigenvalue weighted by Gasteiger charge is -2.05. The van der Waals surface area contributed by atoms with Crippen molar-refractivity contribution < 1.29 is 0 Å². The summed E-state index contributed by atoms with van der Waals surface area (Å²) >= 11 is 0. The van der Waals surface area contributed by atoms with Crippen LogP contribution in [0.3, 0.4) is 0 Å². The molecular weight excluding hydrogens is 196 g/mol. The molecule has 0 aliphatic carbocycles. The van der Waals surface area contributed by atoms with Gasteiger partial charge in [-0.3, -0.25) is 4.98 Å². The van der Waals surface area contributed by atoms with Gasteiger partial charge >= 0.3 is 0 Å². The summed E-state index contributed by atoms with van der Waals surface area (Å²) in [6.45, 7) is 7.63. The van der Waals surface area contributed by atoms with E-state index in [2.05, 4.69) is 41.1 Å². The second-order valence-corrected chi connectivity index (χ2v) is 4.09. The molecule has 0 saturated carbocycles. The summed E-state index contributed by atoms with van der Waals surface area (Å²) in [7, 11) is 0. The van der Waals surface area contributed by atoms with Gasteiger partial charge in [-0.05, 0) is 30.7 Å². The van der Waals surface area contributed by atoms with Crippen LogP contribution in [0.5, 0.6) is 0 Å². The SMILES string of the molecule is C=C(C)CNCc1ccc2ncccc2c1. The third-order valence-corrected chi connectivity index (χ3v) is 2.42. The van der Waals surface area contributed by atoms with Gasteiger partial charge in [0.1, 0.15) is 0 Å². The number of rotatable bonds is 4. The van der Waals surface area contributed by atoms with Gasteiger partial charge in [0, 0.05) is 24.7 Å². The second-order valence-electron chi connectivity index (χ2n) is 4.09. The Morgan fingerprint density at radius 1 is 1.38 bits per heavy atom. The van der Waals surface area contributed by atoms with Crippen molar-refractivity contribution in [2.75, 3.05) is 6.54 Å². The highest BCUT2D eigenvalue weighted by Crippen LogP contribution is 2.12. The highest BCUT2D eigenvalue weighted by Gasteiger charge is 1.96. The van der Waals surface area contributed by atoms with Gasteiger partial charge in [0.05, 0.1) is 5.52 Å². The second kappa shape index (κ2) is 4.90. The van der Waals surface area contributed by atoms with Crippen LogP contribution in [0.1, 0.15) is 12.5 Å². The van der Waals surface area contributed by atoms with E-state index in [-0.39, 0.29) is 0 Å². The summed E-state index contributed by atoms with van der Waals surface area (Å²) < 4.78 is 0. The van der Waals surface area contributed by atoms with Gasteiger partial charge in [-0.15, -0.1) is 0 Å². The number of benzene rings is 1. The first-order valence-corrected chi connectivity index (χ1v) is 5.44. The van der Waals surface area contributed by atoms with Crippen molar-refractivity contribution >= 4 is 10.9 Å². The number of fused-ring (bicyclic) bond motifs is 1. The fraction of sp³-hybridized carbons (Fsp3) is 0.214. The van der Waals surface area contributed by atoms with Gasteiger partial charge in [0.25, 0.3) is 0 Å². The molecule has 0 atom stereocenters. The summed E-state index contributed by atoms with van der Waals surface area (Å²) in [5.41, 5.74) is 3.48. The Hall–Kier alpha value is -1.67. The molecule has 0 amide bonds. The topological polar surface area (TPSA) is 24.9 Å². The number of hydrogen-bond acceptors (Lipinski definition) is 2. The van der Waals surface area contributed by atoms with Crippen LogP contribution in [0.15, 0.2) is 48.7 Å². The minimum atomic E-state index is 0.866. The third-order valence-electron chi connectivity index (χ3n) is 2.42. The molecule has 0 unspecified atom stereocenters. The molecule has 2 rings (SSSR count). The molecule has 0 bridgehead atoms. The molecule has 2 heteroatoms. The molecule has 0 fully saturated rings. The van der Waals surface area contributed by atoms with E-state index in [9.17, 15) is 0 Å². The van der Waals surface area contributed by atoms with Crippen molar-refractivity contribution in [2.24, 2.45) is 0 Å². The Labute approximate surface area is 96.0 Å². The Bertz CT molecular complexity index is 503. The van der Waals surface area contributed by atoms with Crippen LogP contribution in [0.25, 0.3) is 10.9 Å². The molecule has 1 aromatic carbocycles. The van der Waals surface area contributed by atoms with Crippen molar-refractivity contribution in [2.45, 2.75) is 13.5 Å². The van der Waals surface area contributed by atoms with Crippen LogP contribution in [0, 0.1) is 0 Å². The van der Waals surface area contributed by atoms with E-state index in [0.29, 0.717) is 0 Å². The fourth-order valence-electron chi connectivity index (χ4n) is 1.66. The third kappa shape index (κ3) is 2.67. The van der Waals surface area contributed by atoms with E-state index in [0.717, 1.165) is 24.2 Å². The van der Waals surface area contributed by atoms with Crippen molar-refractivity contribution in [1.82, 2.24) is 10.3 Å². The van der Waals surface area contributed by atoms with E-state index in [4.69, 9.17) is 0 Å². The summed E-state index contributed by atoms with van der Waals surface area (Å²) in [6, 6.07) is 10.4. The smallest absolute Gasteiger partial charge is 0.0702 e. The van der Waals surface area contributed by atoms with Crippen molar-refractivity contribution in [3.8, 4) is 0 Å². The normalized spacial score (nSPS) is 10.6. The van der Waals surface area contributed by atoms with Gasteiger partial charge in [-0.1, -0.05) is 24.3 Å². The number of aromatic nitrogens is 1. The van der Waals surface area contributed by atoms with Crippen molar-refractivity contribution in [1.29, 1.82) is 0 Å². The maximum atomic E-state index is 4.30. The Morgan fingerprint density at radius 3 is 3.06 bits per heavy atom. The first kappa shape index (κ1) is 10.8. The van der Waals surface area contributed by atoms with Crippen LogP contribution in [-0.2, 0) is 6.54 Å². The molecule has 2 aromatic rings. The number of nitrogens with one attached hydrogen (secondary N) is 1. The summed E-state index contributed by atoms with van der Waals surface area (Å²) in [6.07, 6.45) is 1.82. The molecule has 1 N–H and O–H groups in total. The van der Waals surface area contributed by atoms with Gasteiger partial charge in [-0.25, -0.2) is 0 Å². The largest absolute Gasteiger partial charge is 0.309 e. The molecule has 1 aromatic heterocycles. The van der Waals surface area contributed by atoms with Gasteiger partial charge in [0.2, 0.25) is 0 Å². The molecular formula is C14H16N2. The summed E-state index contributed by atoms with van der Waals surface area (Å²) in [5, 5.41) is 4.54.